The number of fused-ring (bicyclic) bond motifs is 1. The fourth-order valence-corrected chi connectivity index (χ4v) is 2.55. The van der Waals surface area contributed by atoms with Gasteiger partial charge in [0.25, 0.3) is 0 Å². The molecule has 0 radical (unpaired) electrons. The molecule has 0 aliphatic carbocycles. The van der Waals surface area contributed by atoms with E-state index >= 15 is 0 Å². The zero-order chi connectivity index (χ0) is 16.9. The Bertz CT molecular complexity index is 881. The van der Waals surface area contributed by atoms with Gasteiger partial charge in [-0.3, -0.25) is 4.79 Å². The second-order valence-corrected chi connectivity index (χ2v) is 5.66. The molecule has 2 aromatic carbocycles. The highest BCUT2D eigenvalue weighted by Gasteiger charge is 2.23. The lowest BCUT2D eigenvalue weighted by Gasteiger charge is -2.07. The third kappa shape index (κ3) is 3.46. The maximum Gasteiger partial charge on any atom is 0.183 e. The standard InChI is InChI=1S/C18H14ClN3O2/c19-14-6-2-1-5-12(14)10-24-11-17(23)13(9-20)18-21-15-7-3-4-8-16(15)22-18/h1-8,13H,10-11H2,(H,21,22). The minimum absolute atomic E-state index is 0.180. The van der Waals surface area contributed by atoms with E-state index in [1.807, 2.05) is 48.5 Å². The molecule has 0 aliphatic heterocycles. The number of carbonyl (C=O) groups excluding carboxylic acids is 1. The van der Waals surface area contributed by atoms with Crippen LogP contribution in [0.1, 0.15) is 17.3 Å². The van der Waals surface area contributed by atoms with Crippen molar-refractivity contribution in [3.8, 4) is 6.07 Å². The first kappa shape index (κ1) is 16.2. The van der Waals surface area contributed by atoms with Gasteiger partial charge in [-0.25, -0.2) is 4.98 Å². The molecule has 5 nitrogen and oxygen atoms in total. The average Bonchev–Trinajstić information content (AvgIpc) is 3.01. The summed E-state index contributed by atoms with van der Waals surface area (Å²) < 4.78 is 5.41. The van der Waals surface area contributed by atoms with Gasteiger partial charge in [-0.1, -0.05) is 41.9 Å². The van der Waals surface area contributed by atoms with Crippen molar-refractivity contribution in [3.63, 3.8) is 0 Å². The number of Topliss-reactive ketones (excluding diaryl/α,β-unsaturated/α-hetero) is 1. The first-order chi connectivity index (χ1) is 11.7. The summed E-state index contributed by atoms with van der Waals surface area (Å²) in [5.74, 6) is -0.989. The maximum absolute atomic E-state index is 12.3. The van der Waals surface area contributed by atoms with Crippen molar-refractivity contribution in [1.29, 1.82) is 5.26 Å². The Hall–Kier alpha value is -2.68. The third-order valence-electron chi connectivity index (χ3n) is 3.59. The minimum atomic E-state index is -0.983. The fourth-order valence-electron chi connectivity index (χ4n) is 2.36. The smallest absolute Gasteiger partial charge is 0.183 e. The number of nitrogens with one attached hydrogen (secondary N) is 1. The van der Waals surface area contributed by atoms with E-state index in [0.29, 0.717) is 10.8 Å². The van der Waals surface area contributed by atoms with Crippen molar-refractivity contribution in [2.24, 2.45) is 0 Å². The molecule has 1 N–H and O–H groups in total. The van der Waals surface area contributed by atoms with E-state index in [1.165, 1.54) is 0 Å². The fraction of sp³-hybridized carbons (Fsp3) is 0.167. The van der Waals surface area contributed by atoms with Crippen molar-refractivity contribution >= 4 is 28.4 Å². The van der Waals surface area contributed by atoms with Crippen molar-refractivity contribution < 1.29 is 9.53 Å². The lowest BCUT2D eigenvalue weighted by molar-refractivity contribution is -0.124. The van der Waals surface area contributed by atoms with Gasteiger partial charge >= 0.3 is 0 Å². The molecule has 0 amide bonds. The molecule has 1 atom stereocenters. The molecular formula is C18H14ClN3O2. The van der Waals surface area contributed by atoms with E-state index in [9.17, 15) is 10.1 Å². The summed E-state index contributed by atoms with van der Waals surface area (Å²) in [6.45, 7) is 0.0319. The number of para-hydroxylation sites is 2. The van der Waals surface area contributed by atoms with E-state index in [0.717, 1.165) is 16.6 Å². The van der Waals surface area contributed by atoms with Gasteiger partial charge in [-0.05, 0) is 23.8 Å². The number of hydrogen-bond donors (Lipinski definition) is 1. The van der Waals surface area contributed by atoms with Crippen molar-refractivity contribution in [2.45, 2.75) is 12.5 Å². The van der Waals surface area contributed by atoms with Crippen LogP contribution < -0.4 is 0 Å². The molecule has 24 heavy (non-hydrogen) atoms. The number of nitriles is 1. The number of carbonyl (C=O) groups is 1. The van der Waals surface area contributed by atoms with Gasteiger partial charge in [-0.2, -0.15) is 5.26 Å². The zero-order valence-electron chi connectivity index (χ0n) is 12.7. The summed E-state index contributed by atoms with van der Waals surface area (Å²) in [5.41, 5.74) is 2.30. The lowest BCUT2D eigenvalue weighted by Crippen LogP contribution is -2.18. The monoisotopic (exact) mass is 339 g/mol. The van der Waals surface area contributed by atoms with Crippen LogP contribution in [-0.4, -0.2) is 22.4 Å². The summed E-state index contributed by atoms with van der Waals surface area (Å²) >= 11 is 6.04. The van der Waals surface area contributed by atoms with Crippen LogP contribution in [0.15, 0.2) is 48.5 Å². The van der Waals surface area contributed by atoms with Crippen LogP contribution in [-0.2, 0) is 16.1 Å². The summed E-state index contributed by atoms with van der Waals surface area (Å²) in [6.07, 6.45) is 0. The van der Waals surface area contributed by atoms with Crippen LogP contribution in [0.2, 0.25) is 5.02 Å². The van der Waals surface area contributed by atoms with Gasteiger partial charge in [-0.15, -0.1) is 0 Å². The number of hydrogen-bond acceptors (Lipinski definition) is 4. The Morgan fingerprint density at radius 1 is 1.25 bits per heavy atom. The summed E-state index contributed by atoms with van der Waals surface area (Å²) in [6, 6.07) is 16.6. The third-order valence-corrected chi connectivity index (χ3v) is 3.96. The van der Waals surface area contributed by atoms with E-state index in [1.54, 1.807) is 6.07 Å². The lowest BCUT2D eigenvalue weighted by atomic mass is 10.1. The molecule has 0 saturated heterocycles. The number of aromatic amines is 1. The first-order valence-electron chi connectivity index (χ1n) is 7.37. The van der Waals surface area contributed by atoms with Crippen LogP contribution in [0.3, 0.4) is 0 Å². The van der Waals surface area contributed by atoms with Gasteiger partial charge in [0, 0.05) is 5.02 Å². The van der Waals surface area contributed by atoms with Crippen molar-refractivity contribution in [1.82, 2.24) is 9.97 Å². The largest absolute Gasteiger partial charge is 0.369 e. The van der Waals surface area contributed by atoms with Crippen LogP contribution in [0.5, 0.6) is 0 Å². The molecule has 0 aliphatic rings. The molecule has 1 aromatic heterocycles. The van der Waals surface area contributed by atoms with E-state index in [-0.39, 0.29) is 19.0 Å². The highest BCUT2D eigenvalue weighted by Crippen LogP contribution is 2.19. The predicted molar refractivity (Wildman–Crippen MR) is 90.6 cm³/mol. The Balaban J connectivity index is 1.66. The molecule has 3 aromatic rings. The van der Waals surface area contributed by atoms with Gasteiger partial charge in [0.05, 0.1) is 23.7 Å². The molecule has 1 heterocycles. The molecule has 1 unspecified atom stereocenters. The normalized spacial score (nSPS) is 12.0. The SMILES string of the molecule is N#CC(C(=O)COCc1ccccc1Cl)c1nc2ccccc2[nH]1. The molecule has 120 valence electrons. The topological polar surface area (TPSA) is 78.8 Å². The van der Waals surface area contributed by atoms with Gasteiger partial charge < -0.3 is 9.72 Å². The number of benzene rings is 2. The van der Waals surface area contributed by atoms with E-state index in [4.69, 9.17) is 16.3 Å². The predicted octanol–water partition coefficient (Wildman–Crippen LogP) is 3.61. The number of imidazole rings is 1. The van der Waals surface area contributed by atoms with Crippen molar-refractivity contribution in [2.75, 3.05) is 6.61 Å². The highest BCUT2D eigenvalue weighted by molar-refractivity contribution is 6.31. The van der Waals surface area contributed by atoms with Crippen LogP contribution in [0.4, 0.5) is 0 Å². The number of nitrogens with zero attached hydrogens (tertiary/aromatic N) is 2. The Morgan fingerprint density at radius 3 is 2.75 bits per heavy atom. The quantitative estimate of drug-likeness (QED) is 0.744. The van der Waals surface area contributed by atoms with Crippen molar-refractivity contribution in [3.05, 3.63) is 64.9 Å². The molecule has 0 bridgehead atoms. The van der Waals surface area contributed by atoms with Crippen LogP contribution in [0, 0.1) is 11.3 Å². The minimum Gasteiger partial charge on any atom is -0.369 e. The summed E-state index contributed by atoms with van der Waals surface area (Å²) in [5, 5.41) is 9.91. The Labute approximate surface area is 143 Å². The Morgan fingerprint density at radius 2 is 2.00 bits per heavy atom. The first-order valence-corrected chi connectivity index (χ1v) is 7.75. The van der Waals surface area contributed by atoms with Gasteiger partial charge in [0.2, 0.25) is 0 Å². The molecule has 3 rings (SSSR count). The second-order valence-electron chi connectivity index (χ2n) is 5.25. The summed E-state index contributed by atoms with van der Waals surface area (Å²) in [4.78, 5) is 19.6. The number of H-pyrrole nitrogens is 1. The zero-order valence-corrected chi connectivity index (χ0v) is 13.5. The number of rotatable bonds is 6. The summed E-state index contributed by atoms with van der Waals surface area (Å²) in [7, 11) is 0. The maximum atomic E-state index is 12.3. The molecular weight excluding hydrogens is 326 g/mol. The van der Waals surface area contributed by atoms with Crippen LogP contribution >= 0.6 is 11.6 Å². The Kier molecular flexibility index (Phi) is 4.90. The average molecular weight is 340 g/mol. The number of ether oxygens (including phenoxy) is 1. The number of halogens is 1. The molecule has 0 saturated carbocycles. The van der Waals surface area contributed by atoms with E-state index in [2.05, 4.69) is 9.97 Å². The van der Waals surface area contributed by atoms with E-state index < -0.39 is 5.92 Å². The van der Waals surface area contributed by atoms with Crippen LogP contribution in [0.25, 0.3) is 11.0 Å². The van der Waals surface area contributed by atoms with Gasteiger partial charge in [0.1, 0.15) is 12.4 Å². The van der Waals surface area contributed by atoms with Gasteiger partial charge in [0.15, 0.2) is 11.7 Å². The number of aromatic nitrogens is 2. The molecule has 0 fully saturated rings. The number of ketones is 1. The molecule has 6 heteroatoms. The second kappa shape index (κ2) is 7.26. The molecule has 0 spiro atoms. The highest BCUT2D eigenvalue weighted by atomic mass is 35.5.